The highest BCUT2D eigenvalue weighted by Gasteiger charge is 2.23. The highest BCUT2D eigenvalue weighted by molar-refractivity contribution is 8.17. The number of thioether (sulfide) groups is 2. The molecule has 0 radical (unpaired) electrons. The van der Waals surface area contributed by atoms with Crippen molar-refractivity contribution in [1.29, 1.82) is 0 Å². The molecule has 1 aliphatic heterocycles. The molecule has 3 heterocycles. The second kappa shape index (κ2) is 11.4. The largest absolute Gasteiger partial charge is 0.492 e. The fourth-order valence-electron chi connectivity index (χ4n) is 4.03. The van der Waals surface area contributed by atoms with Crippen LogP contribution in [0.3, 0.4) is 0 Å². The van der Waals surface area contributed by atoms with E-state index in [0.717, 1.165) is 52.5 Å². The highest BCUT2D eigenvalue weighted by Crippen LogP contribution is 2.43. The Kier molecular flexibility index (Phi) is 7.81. The van der Waals surface area contributed by atoms with Gasteiger partial charge in [0.15, 0.2) is 0 Å². The standard InChI is InChI=1S/C27H30N4O2S2/c1-31(2)13-14-32-21-11-9-20(10-12-21)25-23(19-7-4-3-5-8-19)24-26(29-18-30-27(24)33-25)28-17-22-34-15-6-16-35-22/h3-5,7-12,18,22H,6,13-17H2,1-2H3,(H,28,29,30). The molecule has 0 amide bonds. The molecule has 1 fully saturated rings. The number of hydrogen-bond donors (Lipinski definition) is 1. The molecule has 1 aliphatic rings. The van der Waals surface area contributed by atoms with Crippen LogP contribution in [0.15, 0.2) is 65.3 Å². The van der Waals surface area contributed by atoms with Gasteiger partial charge in [-0.3, -0.25) is 0 Å². The van der Waals surface area contributed by atoms with E-state index < -0.39 is 0 Å². The lowest BCUT2D eigenvalue weighted by molar-refractivity contribution is 0.261. The van der Waals surface area contributed by atoms with Crippen molar-refractivity contribution in [2.75, 3.05) is 50.6 Å². The first kappa shape index (κ1) is 24.0. The number of fused-ring (bicyclic) bond motifs is 1. The summed E-state index contributed by atoms with van der Waals surface area (Å²) in [6, 6.07) is 18.4. The summed E-state index contributed by atoms with van der Waals surface area (Å²) in [5, 5.41) is 4.52. The van der Waals surface area contributed by atoms with Crippen molar-refractivity contribution >= 4 is 40.4 Å². The molecule has 8 heteroatoms. The Bertz CT molecular complexity index is 1240. The van der Waals surface area contributed by atoms with Gasteiger partial charge in [-0.05, 0) is 61.9 Å². The van der Waals surface area contributed by atoms with Crippen LogP contribution in [0.4, 0.5) is 5.82 Å². The number of nitrogens with zero attached hydrogens (tertiary/aromatic N) is 3. The van der Waals surface area contributed by atoms with Gasteiger partial charge in [0, 0.05) is 24.2 Å². The molecule has 182 valence electrons. The number of hydrogen-bond acceptors (Lipinski definition) is 8. The minimum Gasteiger partial charge on any atom is -0.492 e. The summed E-state index contributed by atoms with van der Waals surface area (Å²) in [5.74, 6) is 4.89. The molecule has 4 aromatic rings. The van der Waals surface area contributed by atoms with Gasteiger partial charge in [0.05, 0.1) is 9.97 Å². The van der Waals surface area contributed by atoms with E-state index in [1.165, 1.54) is 17.9 Å². The lowest BCUT2D eigenvalue weighted by Gasteiger charge is -2.21. The van der Waals surface area contributed by atoms with E-state index in [0.29, 0.717) is 16.9 Å². The molecule has 0 bridgehead atoms. The molecule has 0 spiro atoms. The average Bonchev–Trinajstić information content (AvgIpc) is 3.29. The summed E-state index contributed by atoms with van der Waals surface area (Å²) >= 11 is 4.04. The van der Waals surface area contributed by atoms with E-state index in [2.05, 4.69) is 32.3 Å². The molecule has 2 aromatic carbocycles. The van der Waals surface area contributed by atoms with Crippen molar-refractivity contribution in [3.8, 4) is 28.2 Å². The molecule has 6 nitrogen and oxygen atoms in total. The number of furan rings is 1. The Hall–Kier alpha value is -2.68. The Labute approximate surface area is 214 Å². The first-order valence-corrected chi connectivity index (χ1v) is 14.0. The van der Waals surface area contributed by atoms with Gasteiger partial charge in [-0.25, -0.2) is 9.97 Å². The summed E-state index contributed by atoms with van der Waals surface area (Å²) in [6.07, 6.45) is 2.86. The number of aromatic nitrogens is 2. The van der Waals surface area contributed by atoms with Gasteiger partial charge >= 0.3 is 0 Å². The predicted octanol–water partition coefficient (Wildman–Crippen LogP) is 6.11. The van der Waals surface area contributed by atoms with Crippen LogP contribution in [-0.4, -0.2) is 64.7 Å². The van der Waals surface area contributed by atoms with E-state index in [1.807, 2.05) is 80.1 Å². The van der Waals surface area contributed by atoms with Gasteiger partial charge in [-0.1, -0.05) is 30.3 Å². The van der Waals surface area contributed by atoms with Crippen LogP contribution in [0, 0.1) is 0 Å². The van der Waals surface area contributed by atoms with E-state index >= 15 is 0 Å². The summed E-state index contributed by atoms with van der Waals surface area (Å²) in [4.78, 5) is 11.2. The molecule has 5 rings (SSSR count). The second-order valence-electron chi connectivity index (χ2n) is 8.66. The number of anilines is 1. The number of likely N-dealkylation sites (N-methyl/N-ethyl adjacent to an activating group) is 1. The Balaban J connectivity index is 1.50. The van der Waals surface area contributed by atoms with Crippen LogP contribution in [0.2, 0.25) is 0 Å². The molecule has 35 heavy (non-hydrogen) atoms. The number of benzene rings is 2. The normalized spacial score (nSPS) is 14.5. The van der Waals surface area contributed by atoms with Crippen LogP contribution in [0.5, 0.6) is 5.75 Å². The highest BCUT2D eigenvalue weighted by atomic mass is 32.2. The number of rotatable bonds is 9. The van der Waals surface area contributed by atoms with Gasteiger partial charge in [-0.15, -0.1) is 23.5 Å². The lowest BCUT2D eigenvalue weighted by Crippen LogP contribution is -2.19. The van der Waals surface area contributed by atoms with Crippen LogP contribution < -0.4 is 10.1 Å². The van der Waals surface area contributed by atoms with Crippen LogP contribution in [-0.2, 0) is 0 Å². The Morgan fingerprint density at radius 2 is 1.77 bits per heavy atom. The van der Waals surface area contributed by atoms with E-state index in [9.17, 15) is 0 Å². The third kappa shape index (κ3) is 5.77. The minimum atomic E-state index is 0.528. The maximum absolute atomic E-state index is 6.38. The Morgan fingerprint density at radius 1 is 1.00 bits per heavy atom. The van der Waals surface area contributed by atoms with Gasteiger partial charge in [0.1, 0.15) is 30.3 Å². The topological polar surface area (TPSA) is 63.4 Å². The van der Waals surface area contributed by atoms with Crippen molar-refractivity contribution in [3.05, 3.63) is 60.9 Å². The monoisotopic (exact) mass is 506 g/mol. The van der Waals surface area contributed by atoms with Crippen molar-refractivity contribution < 1.29 is 9.15 Å². The maximum Gasteiger partial charge on any atom is 0.232 e. The molecule has 1 N–H and O–H groups in total. The van der Waals surface area contributed by atoms with E-state index in [1.54, 1.807) is 6.33 Å². The molecular formula is C27H30N4O2S2. The lowest BCUT2D eigenvalue weighted by atomic mass is 9.99. The van der Waals surface area contributed by atoms with Crippen LogP contribution >= 0.6 is 23.5 Å². The first-order valence-electron chi connectivity index (χ1n) is 11.9. The average molecular weight is 507 g/mol. The summed E-state index contributed by atoms with van der Waals surface area (Å²) in [6.45, 7) is 2.37. The van der Waals surface area contributed by atoms with E-state index in [4.69, 9.17) is 9.15 Å². The molecular weight excluding hydrogens is 476 g/mol. The SMILES string of the molecule is CN(C)CCOc1ccc(-c2oc3ncnc(NCC4SCCCS4)c3c2-c2ccccc2)cc1. The van der Waals surface area contributed by atoms with Crippen molar-refractivity contribution in [1.82, 2.24) is 14.9 Å². The second-order valence-corrected chi connectivity index (χ2v) is 11.6. The van der Waals surface area contributed by atoms with Gasteiger partial charge in [-0.2, -0.15) is 0 Å². The third-order valence-corrected chi connectivity index (χ3v) is 8.75. The van der Waals surface area contributed by atoms with E-state index in [-0.39, 0.29) is 0 Å². The van der Waals surface area contributed by atoms with Crippen molar-refractivity contribution in [3.63, 3.8) is 0 Å². The number of ether oxygens (including phenoxy) is 1. The van der Waals surface area contributed by atoms with Gasteiger partial charge < -0.3 is 19.4 Å². The maximum atomic E-state index is 6.38. The third-order valence-electron chi connectivity index (χ3n) is 5.81. The summed E-state index contributed by atoms with van der Waals surface area (Å²) in [5.41, 5.74) is 3.65. The minimum absolute atomic E-state index is 0.528. The fourth-order valence-corrected chi connectivity index (χ4v) is 6.73. The zero-order chi connectivity index (χ0) is 24.0. The molecule has 0 saturated carbocycles. The smallest absolute Gasteiger partial charge is 0.232 e. The molecule has 1 saturated heterocycles. The predicted molar refractivity (Wildman–Crippen MR) is 149 cm³/mol. The Morgan fingerprint density at radius 3 is 2.51 bits per heavy atom. The van der Waals surface area contributed by atoms with Crippen LogP contribution in [0.25, 0.3) is 33.6 Å². The zero-order valence-electron chi connectivity index (χ0n) is 20.1. The number of nitrogens with one attached hydrogen (secondary N) is 1. The van der Waals surface area contributed by atoms with Crippen LogP contribution in [0.1, 0.15) is 6.42 Å². The molecule has 0 unspecified atom stereocenters. The molecule has 0 atom stereocenters. The quantitative estimate of drug-likeness (QED) is 0.292. The summed E-state index contributed by atoms with van der Waals surface area (Å²) in [7, 11) is 4.08. The van der Waals surface area contributed by atoms with Crippen molar-refractivity contribution in [2.24, 2.45) is 0 Å². The molecule has 2 aromatic heterocycles. The summed E-state index contributed by atoms with van der Waals surface area (Å²) < 4.78 is 12.8. The fraction of sp³-hybridized carbons (Fsp3) is 0.333. The van der Waals surface area contributed by atoms with Crippen molar-refractivity contribution in [2.45, 2.75) is 11.0 Å². The van der Waals surface area contributed by atoms with Gasteiger partial charge in [0.2, 0.25) is 5.71 Å². The first-order chi connectivity index (χ1) is 17.2. The zero-order valence-corrected chi connectivity index (χ0v) is 21.7. The molecule has 0 aliphatic carbocycles. The van der Waals surface area contributed by atoms with Gasteiger partial charge in [0.25, 0.3) is 0 Å².